The molecule has 0 unspecified atom stereocenters. The van der Waals surface area contributed by atoms with Gasteiger partial charge in [-0.1, -0.05) is 80.4 Å². The first-order valence-electron chi connectivity index (χ1n) is 6.46. The third-order valence-electron chi connectivity index (χ3n) is 3.32. The highest BCUT2D eigenvalue weighted by molar-refractivity contribution is 6.50. The van der Waals surface area contributed by atoms with Gasteiger partial charge in [-0.05, 0) is 34.2 Å². The van der Waals surface area contributed by atoms with Crippen LogP contribution >= 0.6 is 23.2 Å². The average molecular weight is 311 g/mol. The van der Waals surface area contributed by atoms with Gasteiger partial charge in [-0.3, -0.25) is 0 Å². The van der Waals surface area contributed by atoms with Crippen LogP contribution < -0.4 is 0 Å². The summed E-state index contributed by atoms with van der Waals surface area (Å²) in [6.45, 7) is 6.45. The molecule has 0 aliphatic heterocycles. The molecule has 0 radical (unpaired) electrons. The number of halogens is 3. The van der Waals surface area contributed by atoms with Crippen molar-refractivity contribution in [3.05, 3.63) is 71.0 Å². The van der Waals surface area contributed by atoms with Gasteiger partial charge in [0.1, 0.15) is 5.82 Å². The molecule has 0 heterocycles. The molecule has 0 fully saturated rings. The van der Waals surface area contributed by atoms with Crippen molar-refractivity contribution in [1.29, 1.82) is 0 Å². The van der Waals surface area contributed by atoms with Crippen LogP contribution in [-0.2, 0) is 9.75 Å². The Hall–Kier alpha value is -1.05. The summed E-state index contributed by atoms with van der Waals surface area (Å²) >= 11 is 12.9. The first kappa shape index (κ1) is 15.3. The zero-order chi connectivity index (χ0) is 15.0. The largest absolute Gasteiger partial charge is 0.207 e. The van der Waals surface area contributed by atoms with E-state index in [1.54, 1.807) is 12.1 Å². The number of benzene rings is 2. The van der Waals surface area contributed by atoms with Gasteiger partial charge < -0.3 is 0 Å². The summed E-state index contributed by atoms with van der Waals surface area (Å²) in [6.07, 6.45) is 0. The van der Waals surface area contributed by atoms with Crippen LogP contribution in [0.4, 0.5) is 4.39 Å². The number of hydrogen-bond donors (Lipinski definition) is 0. The van der Waals surface area contributed by atoms with Crippen LogP contribution in [0.25, 0.3) is 0 Å². The van der Waals surface area contributed by atoms with E-state index in [-0.39, 0.29) is 11.2 Å². The SMILES string of the molecule is CC(C)(C)c1ccc(C(Cl)(Cl)c2ccc(F)cc2)cc1. The highest BCUT2D eigenvalue weighted by Gasteiger charge is 2.29. The van der Waals surface area contributed by atoms with Gasteiger partial charge in [0.05, 0.1) is 0 Å². The van der Waals surface area contributed by atoms with Crippen LogP contribution in [0.3, 0.4) is 0 Å². The van der Waals surface area contributed by atoms with Crippen LogP contribution in [0.15, 0.2) is 48.5 Å². The normalized spacial score (nSPS) is 12.5. The Balaban J connectivity index is 2.37. The van der Waals surface area contributed by atoms with Gasteiger partial charge in [-0.2, -0.15) is 0 Å². The minimum absolute atomic E-state index is 0.0791. The van der Waals surface area contributed by atoms with E-state index in [0.717, 1.165) is 5.56 Å². The van der Waals surface area contributed by atoms with Crippen LogP contribution in [0, 0.1) is 5.82 Å². The molecule has 0 aromatic heterocycles. The van der Waals surface area contributed by atoms with E-state index in [4.69, 9.17) is 23.2 Å². The van der Waals surface area contributed by atoms with E-state index in [1.807, 2.05) is 24.3 Å². The molecule has 0 amide bonds. The second-order valence-electron chi connectivity index (χ2n) is 5.91. The van der Waals surface area contributed by atoms with Gasteiger partial charge in [0, 0.05) is 0 Å². The second-order valence-corrected chi connectivity index (χ2v) is 7.24. The molecular formula is C17H17Cl2F. The summed E-state index contributed by atoms with van der Waals surface area (Å²) < 4.78 is 11.8. The van der Waals surface area contributed by atoms with E-state index in [9.17, 15) is 4.39 Å². The Morgan fingerprint density at radius 1 is 0.700 bits per heavy atom. The zero-order valence-electron chi connectivity index (χ0n) is 11.8. The minimum atomic E-state index is -1.18. The minimum Gasteiger partial charge on any atom is -0.207 e. The van der Waals surface area contributed by atoms with Crippen LogP contribution in [0.2, 0.25) is 0 Å². The van der Waals surface area contributed by atoms with Crippen molar-refractivity contribution in [3.63, 3.8) is 0 Å². The first-order chi connectivity index (χ1) is 9.21. The number of rotatable bonds is 2. The highest BCUT2D eigenvalue weighted by atomic mass is 35.5. The van der Waals surface area contributed by atoms with Crippen molar-refractivity contribution in [2.45, 2.75) is 30.5 Å². The molecule has 106 valence electrons. The number of alkyl halides is 2. The Bertz CT molecular complexity index is 578. The highest BCUT2D eigenvalue weighted by Crippen LogP contribution is 2.41. The summed E-state index contributed by atoms with van der Waals surface area (Å²) in [5.41, 5.74) is 2.73. The molecule has 2 aromatic rings. The summed E-state index contributed by atoms with van der Waals surface area (Å²) in [5.74, 6) is -0.305. The van der Waals surface area contributed by atoms with Gasteiger partial charge in [-0.25, -0.2) is 4.39 Å². The lowest BCUT2D eigenvalue weighted by Gasteiger charge is -2.23. The third kappa shape index (κ3) is 3.16. The van der Waals surface area contributed by atoms with Crippen molar-refractivity contribution in [3.8, 4) is 0 Å². The van der Waals surface area contributed by atoms with Gasteiger partial charge >= 0.3 is 0 Å². The van der Waals surface area contributed by atoms with E-state index in [1.165, 1.54) is 17.7 Å². The fourth-order valence-electron chi connectivity index (χ4n) is 2.01. The summed E-state index contributed by atoms with van der Waals surface area (Å²) in [7, 11) is 0. The van der Waals surface area contributed by atoms with Crippen molar-refractivity contribution in [1.82, 2.24) is 0 Å². The van der Waals surface area contributed by atoms with E-state index in [0.29, 0.717) is 5.56 Å². The Labute approximate surface area is 129 Å². The maximum Gasteiger partial charge on any atom is 0.168 e. The summed E-state index contributed by atoms with van der Waals surface area (Å²) in [6, 6.07) is 13.8. The van der Waals surface area contributed by atoms with Gasteiger partial charge in [0.15, 0.2) is 4.33 Å². The standard InChI is InChI=1S/C17H17Cl2F/c1-16(2,3)12-4-6-13(7-5-12)17(18,19)14-8-10-15(20)11-9-14/h4-11H,1-3H3. The Morgan fingerprint density at radius 3 is 1.45 bits per heavy atom. The third-order valence-corrected chi connectivity index (χ3v) is 4.19. The maximum absolute atomic E-state index is 13.0. The van der Waals surface area contributed by atoms with E-state index < -0.39 is 4.33 Å². The maximum atomic E-state index is 13.0. The molecule has 0 nitrogen and oxygen atoms in total. The second kappa shape index (κ2) is 5.38. The van der Waals surface area contributed by atoms with Crippen molar-refractivity contribution < 1.29 is 4.39 Å². The van der Waals surface area contributed by atoms with E-state index >= 15 is 0 Å². The smallest absolute Gasteiger partial charge is 0.168 e. The molecule has 0 bridgehead atoms. The lowest BCUT2D eigenvalue weighted by molar-refractivity contribution is 0.590. The molecule has 0 atom stereocenters. The van der Waals surface area contributed by atoms with Crippen LogP contribution in [-0.4, -0.2) is 0 Å². The van der Waals surface area contributed by atoms with Crippen LogP contribution in [0.1, 0.15) is 37.5 Å². The lowest BCUT2D eigenvalue weighted by Crippen LogP contribution is -2.14. The first-order valence-corrected chi connectivity index (χ1v) is 7.22. The molecule has 0 saturated carbocycles. The van der Waals surface area contributed by atoms with Crippen molar-refractivity contribution >= 4 is 23.2 Å². The number of hydrogen-bond acceptors (Lipinski definition) is 0. The van der Waals surface area contributed by atoms with Gasteiger partial charge in [-0.15, -0.1) is 0 Å². The predicted octanol–water partition coefficient (Wildman–Crippen LogP) is 5.80. The molecule has 3 heteroatoms. The summed E-state index contributed by atoms with van der Waals surface area (Å²) in [5, 5.41) is 0. The van der Waals surface area contributed by atoms with Crippen molar-refractivity contribution in [2.24, 2.45) is 0 Å². The van der Waals surface area contributed by atoms with E-state index in [2.05, 4.69) is 20.8 Å². The van der Waals surface area contributed by atoms with Crippen molar-refractivity contribution in [2.75, 3.05) is 0 Å². The molecular weight excluding hydrogens is 294 g/mol. The fourth-order valence-corrected chi connectivity index (χ4v) is 2.51. The Kier molecular flexibility index (Phi) is 4.13. The molecule has 2 rings (SSSR count). The van der Waals surface area contributed by atoms with Gasteiger partial charge in [0.25, 0.3) is 0 Å². The predicted molar refractivity (Wildman–Crippen MR) is 84.0 cm³/mol. The molecule has 2 aromatic carbocycles. The fraction of sp³-hybridized carbons (Fsp3) is 0.294. The topological polar surface area (TPSA) is 0 Å². The summed E-state index contributed by atoms with van der Waals surface area (Å²) in [4.78, 5) is 0. The zero-order valence-corrected chi connectivity index (χ0v) is 13.3. The monoisotopic (exact) mass is 310 g/mol. The molecule has 20 heavy (non-hydrogen) atoms. The van der Waals surface area contributed by atoms with Gasteiger partial charge in [0.2, 0.25) is 0 Å². The lowest BCUT2D eigenvalue weighted by atomic mass is 9.86. The average Bonchev–Trinajstić information content (AvgIpc) is 2.38. The molecule has 0 spiro atoms. The Morgan fingerprint density at radius 2 is 1.05 bits per heavy atom. The molecule has 0 N–H and O–H groups in total. The van der Waals surface area contributed by atoms with Crippen LogP contribution in [0.5, 0.6) is 0 Å². The molecule has 0 aliphatic carbocycles. The quantitative estimate of drug-likeness (QED) is 0.615. The molecule has 0 aliphatic rings. The molecule has 0 saturated heterocycles.